The van der Waals surface area contributed by atoms with Crippen LogP contribution >= 0.6 is 0 Å². The van der Waals surface area contributed by atoms with Crippen molar-refractivity contribution < 1.29 is 23.1 Å². The average molecular weight is 414 g/mol. The Morgan fingerprint density at radius 3 is 2.47 bits per heavy atom. The van der Waals surface area contributed by atoms with Crippen molar-refractivity contribution in [1.29, 1.82) is 0 Å². The number of nitrogens with zero attached hydrogens (tertiary/aromatic N) is 1. The zero-order valence-electron chi connectivity index (χ0n) is 16.2. The third-order valence-corrected chi connectivity index (χ3v) is 6.37. The van der Waals surface area contributed by atoms with Crippen LogP contribution in [0.15, 0.2) is 36.4 Å². The molecular formula is C23H21F3N2O2. The highest BCUT2D eigenvalue weighted by atomic mass is 19.1. The van der Waals surface area contributed by atoms with Crippen molar-refractivity contribution in [3.63, 3.8) is 0 Å². The van der Waals surface area contributed by atoms with Crippen molar-refractivity contribution in [2.75, 3.05) is 13.1 Å². The Balaban J connectivity index is 1.50. The molecule has 1 aliphatic heterocycles. The van der Waals surface area contributed by atoms with Gasteiger partial charge in [-0.3, -0.25) is 4.79 Å². The summed E-state index contributed by atoms with van der Waals surface area (Å²) < 4.78 is 41.8. The zero-order chi connectivity index (χ0) is 21.0. The molecule has 4 nitrogen and oxygen atoms in total. The number of halogens is 3. The van der Waals surface area contributed by atoms with Crippen molar-refractivity contribution in [3.8, 4) is 11.3 Å². The number of benzene rings is 2. The highest BCUT2D eigenvalue weighted by molar-refractivity contribution is 5.92. The highest BCUT2D eigenvalue weighted by Gasteiger charge is 2.41. The maximum atomic E-state index is 14.4. The first kappa shape index (κ1) is 19.2. The van der Waals surface area contributed by atoms with E-state index in [4.69, 9.17) is 0 Å². The fourth-order valence-electron chi connectivity index (χ4n) is 4.76. The number of aliphatic hydroxyl groups is 1. The molecule has 1 atom stereocenters. The molecule has 0 radical (unpaired) electrons. The van der Waals surface area contributed by atoms with Crippen LogP contribution in [0.1, 0.15) is 30.7 Å². The van der Waals surface area contributed by atoms with Gasteiger partial charge in [-0.05, 0) is 66.6 Å². The predicted octanol–water partition coefficient (Wildman–Crippen LogP) is 4.34. The molecule has 1 aliphatic carbocycles. The summed E-state index contributed by atoms with van der Waals surface area (Å²) in [6.45, 7) is 0.926. The van der Waals surface area contributed by atoms with Crippen LogP contribution in [0.4, 0.5) is 13.2 Å². The van der Waals surface area contributed by atoms with Crippen molar-refractivity contribution in [2.24, 2.45) is 5.92 Å². The fraction of sp³-hybridized carbons (Fsp3) is 0.348. The largest absolute Gasteiger partial charge is 0.391 e. The molecule has 1 amide bonds. The number of aromatic nitrogens is 1. The highest BCUT2D eigenvalue weighted by Crippen LogP contribution is 2.49. The average Bonchev–Trinajstić information content (AvgIpc) is 3.26. The summed E-state index contributed by atoms with van der Waals surface area (Å²) >= 11 is 0. The Labute approximate surface area is 171 Å². The molecular weight excluding hydrogens is 393 g/mol. The molecule has 7 heteroatoms. The zero-order valence-corrected chi connectivity index (χ0v) is 16.2. The predicted molar refractivity (Wildman–Crippen MR) is 106 cm³/mol. The first-order chi connectivity index (χ1) is 14.4. The number of rotatable bonds is 3. The number of β-amino-alcohol motifs (C(OH)–C–C–N with tert-alkyl or cyclic N) is 1. The SMILES string of the molecule is O=C(C1CC(c2c(-c3ccc(F)cc3)[nH]c3c(F)cc(F)cc23)C1)N1CCC(O)C1. The number of aromatic amines is 1. The summed E-state index contributed by atoms with van der Waals surface area (Å²) in [6, 6.07) is 8.00. The van der Waals surface area contributed by atoms with E-state index in [1.807, 2.05) is 0 Å². The Morgan fingerprint density at radius 1 is 1.07 bits per heavy atom. The second-order valence-corrected chi connectivity index (χ2v) is 8.32. The van der Waals surface area contributed by atoms with Gasteiger partial charge in [0, 0.05) is 30.5 Å². The molecule has 1 saturated heterocycles. The number of nitrogens with one attached hydrogen (secondary N) is 1. The second kappa shape index (κ2) is 7.16. The van der Waals surface area contributed by atoms with Crippen molar-refractivity contribution in [2.45, 2.75) is 31.3 Å². The van der Waals surface area contributed by atoms with Gasteiger partial charge in [-0.25, -0.2) is 13.2 Å². The summed E-state index contributed by atoms with van der Waals surface area (Å²) in [5.74, 6) is -1.90. The molecule has 2 N–H and O–H groups in total. The molecule has 5 rings (SSSR count). The second-order valence-electron chi connectivity index (χ2n) is 8.32. The van der Waals surface area contributed by atoms with E-state index in [1.165, 1.54) is 18.2 Å². The topological polar surface area (TPSA) is 56.3 Å². The van der Waals surface area contributed by atoms with Crippen molar-refractivity contribution in [1.82, 2.24) is 9.88 Å². The van der Waals surface area contributed by atoms with E-state index in [2.05, 4.69) is 4.98 Å². The van der Waals surface area contributed by atoms with Crippen molar-refractivity contribution >= 4 is 16.8 Å². The maximum absolute atomic E-state index is 14.4. The lowest BCUT2D eigenvalue weighted by molar-refractivity contribution is -0.138. The van der Waals surface area contributed by atoms with Crippen LogP contribution < -0.4 is 0 Å². The smallest absolute Gasteiger partial charge is 0.225 e. The lowest BCUT2D eigenvalue weighted by Crippen LogP contribution is -2.40. The molecule has 2 aliphatic rings. The van der Waals surface area contributed by atoms with E-state index in [0.717, 1.165) is 11.6 Å². The number of likely N-dealkylation sites (tertiary alicyclic amines) is 1. The molecule has 3 aromatic rings. The Hall–Kier alpha value is -2.80. The molecule has 1 aromatic heterocycles. The summed E-state index contributed by atoms with van der Waals surface area (Å²) in [6.07, 6.45) is 1.28. The summed E-state index contributed by atoms with van der Waals surface area (Å²) in [7, 11) is 0. The van der Waals surface area contributed by atoms with Crippen LogP contribution in [0.3, 0.4) is 0 Å². The number of H-pyrrole nitrogens is 1. The minimum absolute atomic E-state index is 0.0309. The van der Waals surface area contributed by atoms with Crippen LogP contribution in [0.2, 0.25) is 0 Å². The van der Waals surface area contributed by atoms with E-state index >= 15 is 0 Å². The Bertz CT molecular complexity index is 1120. The minimum atomic E-state index is -0.683. The fourth-order valence-corrected chi connectivity index (χ4v) is 4.76. The van der Waals surface area contributed by atoms with Crippen LogP contribution in [0, 0.1) is 23.4 Å². The quantitative estimate of drug-likeness (QED) is 0.670. The van der Waals surface area contributed by atoms with E-state index in [0.29, 0.717) is 49.0 Å². The molecule has 2 heterocycles. The van der Waals surface area contributed by atoms with Crippen LogP contribution in [-0.2, 0) is 4.79 Å². The Kier molecular flexibility index (Phi) is 4.58. The number of carbonyl (C=O) groups is 1. The number of fused-ring (bicyclic) bond motifs is 1. The van der Waals surface area contributed by atoms with Gasteiger partial charge in [0.25, 0.3) is 0 Å². The Morgan fingerprint density at radius 2 is 1.80 bits per heavy atom. The van der Waals surface area contributed by atoms with Crippen molar-refractivity contribution in [3.05, 3.63) is 59.4 Å². The van der Waals surface area contributed by atoms with Gasteiger partial charge in [0.15, 0.2) is 0 Å². The molecule has 156 valence electrons. The first-order valence-electron chi connectivity index (χ1n) is 10.1. The third-order valence-electron chi connectivity index (χ3n) is 6.37. The maximum Gasteiger partial charge on any atom is 0.225 e. The lowest BCUT2D eigenvalue weighted by Gasteiger charge is -2.37. The van der Waals surface area contributed by atoms with Gasteiger partial charge in [0.2, 0.25) is 5.91 Å². The van der Waals surface area contributed by atoms with E-state index in [9.17, 15) is 23.1 Å². The lowest BCUT2D eigenvalue weighted by atomic mass is 9.69. The number of hydrogen-bond acceptors (Lipinski definition) is 2. The monoisotopic (exact) mass is 414 g/mol. The minimum Gasteiger partial charge on any atom is -0.391 e. The molecule has 1 unspecified atom stereocenters. The molecule has 2 fully saturated rings. The number of hydrogen-bond donors (Lipinski definition) is 2. The normalized spacial score (nSPS) is 23.7. The number of amides is 1. The van der Waals surface area contributed by atoms with Gasteiger partial charge in [0.1, 0.15) is 17.5 Å². The van der Waals surface area contributed by atoms with E-state index < -0.39 is 17.7 Å². The van der Waals surface area contributed by atoms with Crippen LogP contribution in [0.25, 0.3) is 22.2 Å². The van der Waals surface area contributed by atoms with E-state index in [1.54, 1.807) is 17.0 Å². The summed E-state index contributed by atoms with van der Waals surface area (Å²) in [5.41, 5.74) is 2.28. The first-order valence-corrected chi connectivity index (χ1v) is 10.1. The summed E-state index contributed by atoms with van der Waals surface area (Å²) in [5, 5.41) is 10.1. The van der Waals surface area contributed by atoms with Gasteiger partial charge in [0.05, 0.1) is 17.3 Å². The van der Waals surface area contributed by atoms with Gasteiger partial charge in [-0.2, -0.15) is 0 Å². The van der Waals surface area contributed by atoms with Gasteiger partial charge >= 0.3 is 0 Å². The molecule has 1 saturated carbocycles. The van der Waals surface area contributed by atoms with Gasteiger partial charge in [-0.15, -0.1) is 0 Å². The summed E-state index contributed by atoms with van der Waals surface area (Å²) in [4.78, 5) is 17.5. The molecule has 2 aromatic carbocycles. The van der Waals surface area contributed by atoms with Gasteiger partial charge < -0.3 is 15.0 Å². The van der Waals surface area contributed by atoms with Gasteiger partial charge in [-0.1, -0.05) is 0 Å². The van der Waals surface area contributed by atoms with E-state index in [-0.39, 0.29) is 29.1 Å². The third kappa shape index (κ3) is 3.17. The number of carbonyl (C=O) groups excluding carboxylic acids is 1. The van der Waals surface area contributed by atoms with Crippen LogP contribution in [0.5, 0.6) is 0 Å². The standard InChI is InChI=1S/C23H21F3N2O2/c24-15-3-1-12(2-4-15)21-20(18-9-16(25)10-19(26)22(18)27-21)13-7-14(8-13)23(30)28-6-5-17(29)11-28/h1-4,9-10,13-14,17,27,29H,5-8,11H2. The van der Waals surface area contributed by atoms with Crippen LogP contribution in [-0.4, -0.2) is 40.1 Å². The number of aliphatic hydroxyl groups excluding tert-OH is 1. The molecule has 0 spiro atoms. The molecule has 0 bridgehead atoms. The molecule has 30 heavy (non-hydrogen) atoms.